The predicted octanol–water partition coefficient (Wildman–Crippen LogP) is 4.33. The summed E-state index contributed by atoms with van der Waals surface area (Å²) in [5, 5.41) is 3.03. The van der Waals surface area contributed by atoms with Gasteiger partial charge in [-0.2, -0.15) is 0 Å². The summed E-state index contributed by atoms with van der Waals surface area (Å²) in [7, 11) is 1.62. The summed E-state index contributed by atoms with van der Waals surface area (Å²) in [5.41, 5.74) is 2.40. The molecule has 0 bridgehead atoms. The van der Waals surface area contributed by atoms with Crippen molar-refractivity contribution < 1.29 is 14.3 Å². The quantitative estimate of drug-likeness (QED) is 0.440. The lowest BCUT2D eigenvalue weighted by molar-refractivity contribution is 0.0971. The molecular formula is C27H30N4O3. The van der Waals surface area contributed by atoms with Crippen molar-refractivity contribution in [3.63, 3.8) is 0 Å². The van der Waals surface area contributed by atoms with Gasteiger partial charge in [0.05, 0.1) is 13.7 Å². The van der Waals surface area contributed by atoms with Crippen molar-refractivity contribution in [2.45, 2.75) is 6.92 Å². The minimum atomic E-state index is -0.220. The monoisotopic (exact) mass is 458 g/mol. The Hall–Kier alpha value is -4.00. The second kappa shape index (κ2) is 11.2. The number of nitrogens with one attached hydrogen (secondary N) is 1. The van der Waals surface area contributed by atoms with E-state index in [-0.39, 0.29) is 5.91 Å². The lowest BCUT2D eigenvalue weighted by Crippen LogP contribution is -2.53. The van der Waals surface area contributed by atoms with E-state index in [0.717, 1.165) is 31.9 Å². The maximum atomic E-state index is 13.1. The largest absolute Gasteiger partial charge is 0.494 e. The molecule has 0 atom stereocenters. The van der Waals surface area contributed by atoms with E-state index in [0.29, 0.717) is 29.6 Å². The van der Waals surface area contributed by atoms with Crippen molar-refractivity contribution in [3.05, 3.63) is 84.4 Å². The van der Waals surface area contributed by atoms with Gasteiger partial charge in [-0.1, -0.05) is 30.3 Å². The summed E-state index contributed by atoms with van der Waals surface area (Å²) >= 11 is 0. The van der Waals surface area contributed by atoms with Crippen molar-refractivity contribution in [2.75, 3.05) is 44.8 Å². The zero-order chi connectivity index (χ0) is 23.8. The van der Waals surface area contributed by atoms with E-state index in [1.165, 1.54) is 5.69 Å². The number of benzene rings is 3. The van der Waals surface area contributed by atoms with Gasteiger partial charge in [-0.05, 0) is 55.5 Å². The lowest BCUT2D eigenvalue weighted by Gasteiger charge is -2.37. The summed E-state index contributed by atoms with van der Waals surface area (Å²) in [6.07, 6.45) is 0. The zero-order valence-corrected chi connectivity index (χ0v) is 19.6. The minimum Gasteiger partial charge on any atom is -0.494 e. The van der Waals surface area contributed by atoms with Gasteiger partial charge in [0.15, 0.2) is 0 Å². The molecule has 0 aromatic heterocycles. The molecule has 1 heterocycles. The Morgan fingerprint density at radius 2 is 1.59 bits per heavy atom. The van der Waals surface area contributed by atoms with Crippen LogP contribution in [0.2, 0.25) is 0 Å². The van der Waals surface area contributed by atoms with Gasteiger partial charge < -0.3 is 19.3 Å². The Morgan fingerprint density at radius 3 is 2.26 bits per heavy atom. The highest BCUT2D eigenvalue weighted by molar-refractivity contribution is 6.06. The molecule has 176 valence electrons. The number of carbonyl (C=O) groups is 1. The Balaban J connectivity index is 1.55. The fourth-order valence-corrected chi connectivity index (χ4v) is 3.87. The molecule has 0 unspecified atom stereocenters. The van der Waals surface area contributed by atoms with Crippen LogP contribution in [0.5, 0.6) is 11.5 Å². The van der Waals surface area contributed by atoms with Crippen LogP contribution >= 0.6 is 0 Å². The Kier molecular flexibility index (Phi) is 7.65. The van der Waals surface area contributed by atoms with Gasteiger partial charge in [0.25, 0.3) is 5.91 Å². The smallest absolute Gasteiger partial charge is 0.257 e. The molecule has 7 heteroatoms. The van der Waals surface area contributed by atoms with Gasteiger partial charge in [-0.15, -0.1) is 0 Å². The number of aliphatic imine (C=N–C) groups is 1. The number of carbonyl (C=O) groups excluding carboxylic acids is 1. The molecule has 0 radical (unpaired) electrons. The summed E-state index contributed by atoms with van der Waals surface area (Å²) in [6, 6.07) is 25.0. The maximum absolute atomic E-state index is 13.1. The van der Waals surface area contributed by atoms with Gasteiger partial charge >= 0.3 is 0 Å². The zero-order valence-electron chi connectivity index (χ0n) is 19.6. The molecule has 1 saturated heterocycles. The third-order valence-electron chi connectivity index (χ3n) is 5.66. The molecule has 3 aromatic carbocycles. The number of nitrogens with zero attached hydrogens (tertiary/aromatic N) is 3. The number of rotatable bonds is 6. The van der Waals surface area contributed by atoms with Crippen LogP contribution in [0.15, 0.2) is 83.9 Å². The van der Waals surface area contributed by atoms with Crippen molar-refractivity contribution in [1.82, 2.24) is 10.2 Å². The predicted molar refractivity (Wildman–Crippen MR) is 135 cm³/mol. The van der Waals surface area contributed by atoms with E-state index in [9.17, 15) is 4.79 Å². The van der Waals surface area contributed by atoms with Crippen LogP contribution < -0.4 is 19.7 Å². The SMILES string of the molecule is CCOc1ccc(C(=O)NC(=Nc2ccccc2OC)N2CCN(c3ccccc3)CC2)cc1. The van der Waals surface area contributed by atoms with Crippen LogP contribution in [0.3, 0.4) is 0 Å². The van der Waals surface area contributed by atoms with E-state index < -0.39 is 0 Å². The average molecular weight is 459 g/mol. The molecule has 1 N–H and O–H groups in total. The van der Waals surface area contributed by atoms with Gasteiger partial charge in [0.1, 0.15) is 17.2 Å². The summed E-state index contributed by atoms with van der Waals surface area (Å²) in [4.78, 5) is 22.4. The number of amides is 1. The summed E-state index contributed by atoms with van der Waals surface area (Å²) in [5.74, 6) is 1.68. The standard InChI is InChI=1S/C27H30N4O3/c1-3-34-23-15-13-21(14-16-23)26(32)29-27(28-24-11-7-8-12-25(24)33-2)31-19-17-30(18-20-31)22-9-5-4-6-10-22/h4-16H,3,17-20H2,1-2H3,(H,28,29,32). The first-order valence-corrected chi connectivity index (χ1v) is 11.5. The van der Waals surface area contributed by atoms with E-state index in [4.69, 9.17) is 14.5 Å². The van der Waals surface area contributed by atoms with Crippen LogP contribution in [-0.4, -0.2) is 56.7 Å². The molecule has 0 aliphatic carbocycles. The molecule has 7 nitrogen and oxygen atoms in total. The molecule has 0 spiro atoms. The number of guanidine groups is 1. The van der Waals surface area contributed by atoms with Gasteiger partial charge in [0, 0.05) is 37.4 Å². The van der Waals surface area contributed by atoms with E-state index in [1.54, 1.807) is 31.4 Å². The third kappa shape index (κ3) is 5.67. The molecule has 1 fully saturated rings. The van der Waals surface area contributed by atoms with E-state index in [1.807, 2.05) is 49.4 Å². The number of ether oxygens (including phenoxy) is 2. The average Bonchev–Trinajstić information content (AvgIpc) is 2.90. The molecule has 1 aliphatic rings. The topological polar surface area (TPSA) is 66.4 Å². The number of para-hydroxylation sites is 3. The Morgan fingerprint density at radius 1 is 0.912 bits per heavy atom. The molecule has 3 aromatic rings. The first kappa shape index (κ1) is 23.2. The molecule has 34 heavy (non-hydrogen) atoms. The van der Waals surface area contributed by atoms with Crippen molar-refractivity contribution in [1.29, 1.82) is 0 Å². The Labute approximate surface area is 200 Å². The number of piperazine rings is 1. The molecule has 1 aliphatic heterocycles. The van der Waals surface area contributed by atoms with Gasteiger partial charge in [-0.3, -0.25) is 10.1 Å². The number of hydrogen-bond donors (Lipinski definition) is 1. The third-order valence-corrected chi connectivity index (χ3v) is 5.66. The molecule has 1 amide bonds. The highest BCUT2D eigenvalue weighted by Crippen LogP contribution is 2.27. The first-order valence-electron chi connectivity index (χ1n) is 11.5. The number of hydrogen-bond acceptors (Lipinski definition) is 5. The normalized spacial score (nSPS) is 14.0. The van der Waals surface area contributed by atoms with Crippen molar-refractivity contribution in [2.24, 2.45) is 4.99 Å². The van der Waals surface area contributed by atoms with Crippen LogP contribution in [0.4, 0.5) is 11.4 Å². The van der Waals surface area contributed by atoms with Crippen LogP contribution in [-0.2, 0) is 0 Å². The summed E-state index contributed by atoms with van der Waals surface area (Å²) < 4.78 is 11.0. The highest BCUT2D eigenvalue weighted by Gasteiger charge is 2.22. The van der Waals surface area contributed by atoms with Crippen molar-refractivity contribution >= 4 is 23.2 Å². The van der Waals surface area contributed by atoms with Crippen LogP contribution in [0, 0.1) is 0 Å². The van der Waals surface area contributed by atoms with E-state index >= 15 is 0 Å². The Bertz CT molecular complexity index is 1110. The summed E-state index contributed by atoms with van der Waals surface area (Å²) in [6.45, 7) is 5.62. The fraction of sp³-hybridized carbons (Fsp3) is 0.259. The van der Waals surface area contributed by atoms with Crippen LogP contribution in [0.1, 0.15) is 17.3 Å². The minimum absolute atomic E-state index is 0.220. The maximum Gasteiger partial charge on any atom is 0.257 e. The number of methoxy groups -OCH3 is 1. The first-order chi connectivity index (χ1) is 16.7. The fourth-order valence-electron chi connectivity index (χ4n) is 3.87. The molecule has 0 saturated carbocycles. The van der Waals surface area contributed by atoms with Gasteiger partial charge in [0.2, 0.25) is 5.96 Å². The molecule has 4 rings (SSSR count). The second-order valence-electron chi connectivity index (χ2n) is 7.83. The number of anilines is 1. The van der Waals surface area contributed by atoms with Crippen LogP contribution in [0.25, 0.3) is 0 Å². The lowest BCUT2D eigenvalue weighted by atomic mass is 10.2. The van der Waals surface area contributed by atoms with Gasteiger partial charge in [-0.25, -0.2) is 4.99 Å². The molecular weight excluding hydrogens is 428 g/mol. The van der Waals surface area contributed by atoms with E-state index in [2.05, 4.69) is 27.2 Å². The van der Waals surface area contributed by atoms with Crippen molar-refractivity contribution in [3.8, 4) is 11.5 Å². The second-order valence-corrected chi connectivity index (χ2v) is 7.83. The highest BCUT2D eigenvalue weighted by atomic mass is 16.5.